The highest BCUT2D eigenvalue weighted by Gasteiger charge is 2.39. The molecule has 0 saturated carbocycles. The lowest BCUT2D eigenvalue weighted by atomic mass is 9.83. The van der Waals surface area contributed by atoms with Crippen molar-refractivity contribution in [3.05, 3.63) is 124 Å². The van der Waals surface area contributed by atoms with Gasteiger partial charge in [-0.15, -0.1) is 0 Å². The Labute approximate surface area is 265 Å². The Bertz CT molecular complexity index is 1360. The van der Waals surface area contributed by atoms with Crippen LogP contribution >= 0.6 is 36.9 Å². The molecular formula is C37H46ClNS2. The van der Waals surface area contributed by atoms with E-state index in [2.05, 4.69) is 137 Å². The van der Waals surface area contributed by atoms with Gasteiger partial charge in [-0.3, -0.25) is 0 Å². The average molecular weight is 604 g/mol. The van der Waals surface area contributed by atoms with Crippen LogP contribution < -0.4 is 4.90 Å². The van der Waals surface area contributed by atoms with Gasteiger partial charge in [0.2, 0.25) is 0 Å². The Morgan fingerprint density at radius 1 is 1.05 bits per heavy atom. The van der Waals surface area contributed by atoms with Crippen molar-refractivity contribution in [3.63, 3.8) is 0 Å². The van der Waals surface area contributed by atoms with Crippen LogP contribution in [0.1, 0.15) is 82.4 Å². The van der Waals surface area contributed by atoms with E-state index in [0.717, 1.165) is 61.4 Å². The predicted molar refractivity (Wildman–Crippen MR) is 188 cm³/mol. The number of hydrogen-bond donors (Lipinski definition) is 2. The van der Waals surface area contributed by atoms with Gasteiger partial charge in [0.25, 0.3) is 0 Å². The van der Waals surface area contributed by atoms with Crippen molar-refractivity contribution >= 4 is 42.5 Å². The summed E-state index contributed by atoms with van der Waals surface area (Å²) in [7, 11) is 0. The molecule has 0 fully saturated rings. The maximum absolute atomic E-state index is 6.98. The summed E-state index contributed by atoms with van der Waals surface area (Å²) >= 11 is 16.0. The fourth-order valence-corrected chi connectivity index (χ4v) is 6.72. The second kappa shape index (κ2) is 14.4. The topological polar surface area (TPSA) is 3.24 Å². The van der Waals surface area contributed by atoms with E-state index in [9.17, 15) is 0 Å². The highest BCUT2D eigenvalue weighted by atomic mass is 35.5. The van der Waals surface area contributed by atoms with Gasteiger partial charge in [0.05, 0.1) is 0 Å². The zero-order chi connectivity index (χ0) is 29.6. The molecule has 0 amide bonds. The second-order valence-corrected chi connectivity index (χ2v) is 13.7. The molecule has 0 aromatic heterocycles. The number of unbranched alkanes of at least 4 members (excludes halogenated alkanes) is 1. The first kappa shape index (κ1) is 31.9. The Morgan fingerprint density at radius 3 is 2.54 bits per heavy atom. The molecule has 1 nitrogen and oxygen atoms in total. The predicted octanol–water partition coefficient (Wildman–Crippen LogP) is 10.8. The monoisotopic (exact) mass is 603 g/mol. The highest BCUT2D eigenvalue weighted by Crippen LogP contribution is 2.48. The van der Waals surface area contributed by atoms with E-state index in [0.29, 0.717) is 5.25 Å². The van der Waals surface area contributed by atoms with Gasteiger partial charge in [0.1, 0.15) is 0 Å². The normalized spacial score (nSPS) is 19.9. The quantitative estimate of drug-likeness (QED) is 0.139. The average Bonchev–Trinajstić information content (AvgIpc) is 3.42. The summed E-state index contributed by atoms with van der Waals surface area (Å²) < 4.78 is 0. The molecule has 2 aromatic rings. The van der Waals surface area contributed by atoms with Crippen LogP contribution in [0.4, 0.5) is 5.69 Å². The first-order valence-corrected chi connectivity index (χ1v) is 16.6. The van der Waals surface area contributed by atoms with E-state index in [1.54, 1.807) is 0 Å². The molecule has 218 valence electrons. The van der Waals surface area contributed by atoms with Crippen LogP contribution in [0.2, 0.25) is 0 Å². The summed E-state index contributed by atoms with van der Waals surface area (Å²) in [5, 5.41) is 1.28. The molecule has 1 aliphatic carbocycles. The Balaban J connectivity index is 1.52. The van der Waals surface area contributed by atoms with Crippen LogP contribution in [-0.4, -0.2) is 17.5 Å². The largest absolute Gasteiger partial charge is 0.344 e. The van der Waals surface area contributed by atoms with Crippen LogP contribution in [0.3, 0.4) is 0 Å². The van der Waals surface area contributed by atoms with E-state index in [4.69, 9.17) is 11.6 Å². The SMILES string of the molecule is C=C(/C=C/C1=C(Cl)C(=C/C=C2/N(CCCCS)c3ccccc3C2(C)C)/CC1)C(C)c1ccccc1CCC(C)S. The zero-order valence-electron chi connectivity index (χ0n) is 25.2. The third-order valence-corrected chi connectivity index (χ3v) is 9.73. The number of allylic oxidation sites excluding steroid dienone is 9. The molecule has 2 aromatic carbocycles. The Kier molecular flexibility index (Phi) is 11.2. The summed E-state index contributed by atoms with van der Waals surface area (Å²) in [6.45, 7) is 14.5. The molecule has 0 bridgehead atoms. The molecule has 41 heavy (non-hydrogen) atoms. The molecule has 2 atom stereocenters. The maximum atomic E-state index is 6.98. The standard InChI is InChI=1S/C37H46ClNS2/c1-26(28(3)32-13-7-6-12-29(32)19-17-27(2)41)16-18-30-20-21-31(36(30)38)22-23-35-37(4,5)33-14-8-9-15-34(33)39(35)24-10-11-25-40/h6-9,12-16,18,22-23,27-28,40-41H,1,10-11,17,19-21,24-25H2,2-5H3/b18-16+,31-22+,35-23+. The van der Waals surface area contributed by atoms with Gasteiger partial charge in [-0.25, -0.2) is 0 Å². The van der Waals surface area contributed by atoms with Crippen LogP contribution in [0.5, 0.6) is 0 Å². The van der Waals surface area contributed by atoms with E-state index in [1.807, 2.05) is 0 Å². The van der Waals surface area contributed by atoms with Crippen molar-refractivity contribution in [2.24, 2.45) is 0 Å². The molecule has 1 heterocycles. The molecule has 4 rings (SSSR count). The Hall–Kier alpha value is -2.07. The van der Waals surface area contributed by atoms with E-state index < -0.39 is 0 Å². The fourth-order valence-electron chi connectivity index (χ4n) is 6.05. The lowest BCUT2D eigenvalue weighted by molar-refractivity contribution is 0.624. The number of nitrogens with zero attached hydrogens (tertiary/aromatic N) is 1. The van der Waals surface area contributed by atoms with Crippen LogP contribution in [-0.2, 0) is 11.8 Å². The smallest absolute Gasteiger partial charge is 0.0470 e. The third-order valence-electron chi connectivity index (χ3n) is 8.67. The number of hydrogen-bond acceptors (Lipinski definition) is 3. The molecule has 0 spiro atoms. The van der Waals surface area contributed by atoms with Crippen molar-refractivity contribution in [1.82, 2.24) is 0 Å². The summed E-state index contributed by atoms with van der Waals surface area (Å²) in [6, 6.07) is 17.6. The number of anilines is 1. The van der Waals surface area contributed by atoms with Crippen LogP contribution in [0.25, 0.3) is 0 Å². The van der Waals surface area contributed by atoms with Crippen LogP contribution in [0.15, 0.2) is 107 Å². The molecule has 2 unspecified atom stereocenters. The van der Waals surface area contributed by atoms with Gasteiger partial charge >= 0.3 is 0 Å². The van der Waals surface area contributed by atoms with Gasteiger partial charge in [0.15, 0.2) is 0 Å². The number of benzene rings is 2. The summed E-state index contributed by atoms with van der Waals surface area (Å²) in [6.07, 6.45) is 15.2. The third kappa shape index (κ3) is 7.48. The zero-order valence-corrected chi connectivity index (χ0v) is 27.7. The summed E-state index contributed by atoms with van der Waals surface area (Å²) in [5.74, 6) is 1.17. The molecule has 0 radical (unpaired) electrons. The van der Waals surface area contributed by atoms with Crippen molar-refractivity contribution in [3.8, 4) is 0 Å². The van der Waals surface area contributed by atoms with Gasteiger partial charge in [-0.1, -0.05) is 107 Å². The number of para-hydroxylation sites is 1. The number of aryl methyl sites for hydroxylation is 1. The van der Waals surface area contributed by atoms with Crippen molar-refractivity contribution in [1.29, 1.82) is 0 Å². The molecule has 2 aliphatic rings. The lowest BCUT2D eigenvalue weighted by Gasteiger charge is -2.27. The van der Waals surface area contributed by atoms with Gasteiger partial charge in [-0.2, -0.15) is 25.3 Å². The van der Waals surface area contributed by atoms with E-state index in [1.165, 1.54) is 39.2 Å². The molecule has 0 saturated heterocycles. The van der Waals surface area contributed by atoms with Gasteiger partial charge < -0.3 is 4.90 Å². The minimum absolute atomic E-state index is 0.0543. The van der Waals surface area contributed by atoms with Crippen molar-refractivity contribution < 1.29 is 0 Å². The van der Waals surface area contributed by atoms with E-state index >= 15 is 0 Å². The fraction of sp³-hybridized carbons (Fsp3) is 0.405. The highest BCUT2D eigenvalue weighted by molar-refractivity contribution is 7.80. The first-order valence-electron chi connectivity index (χ1n) is 15.1. The minimum atomic E-state index is -0.0543. The molecule has 1 aliphatic heterocycles. The summed E-state index contributed by atoms with van der Waals surface area (Å²) in [4.78, 5) is 2.50. The summed E-state index contributed by atoms with van der Waals surface area (Å²) in [5.41, 5.74) is 10.3. The Morgan fingerprint density at radius 2 is 1.78 bits per heavy atom. The minimum Gasteiger partial charge on any atom is -0.344 e. The van der Waals surface area contributed by atoms with Gasteiger partial charge in [0, 0.05) is 34.3 Å². The van der Waals surface area contributed by atoms with Crippen molar-refractivity contribution in [2.75, 3.05) is 17.2 Å². The molecular weight excluding hydrogens is 558 g/mol. The molecule has 0 N–H and O–H groups in total. The number of fused-ring (bicyclic) bond motifs is 1. The van der Waals surface area contributed by atoms with Gasteiger partial charge in [-0.05, 0) is 95.1 Å². The lowest BCUT2D eigenvalue weighted by Crippen LogP contribution is -2.27. The number of thiol groups is 2. The number of rotatable bonds is 12. The van der Waals surface area contributed by atoms with E-state index in [-0.39, 0.29) is 11.3 Å². The van der Waals surface area contributed by atoms with Crippen LogP contribution in [0, 0.1) is 0 Å². The maximum Gasteiger partial charge on any atom is 0.0470 e. The molecule has 4 heteroatoms. The first-order chi connectivity index (χ1) is 19.6. The van der Waals surface area contributed by atoms with Crippen molar-refractivity contribution in [2.45, 2.75) is 82.8 Å². The second-order valence-electron chi connectivity index (χ2n) is 12.0. The number of halogens is 1.